The van der Waals surface area contributed by atoms with E-state index in [0.717, 1.165) is 10.9 Å². The highest BCUT2D eigenvalue weighted by molar-refractivity contribution is 6.31. The summed E-state index contributed by atoms with van der Waals surface area (Å²) in [4.78, 5) is 13.9. The summed E-state index contributed by atoms with van der Waals surface area (Å²) in [5.41, 5.74) is 0.918. The van der Waals surface area contributed by atoms with E-state index in [0.29, 0.717) is 10.8 Å². The SMILES string of the molecule is CC(=O)Nc1cc2ccc(Cl)cc2[nH]1. The highest BCUT2D eigenvalue weighted by atomic mass is 35.5. The van der Waals surface area contributed by atoms with Crippen molar-refractivity contribution in [2.24, 2.45) is 0 Å². The number of aromatic nitrogens is 1. The van der Waals surface area contributed by atoms with Crippen molar-refractivity contribution in [1.82, 2.24) is 4.98 Å². The molecule has 1 amide bonds. The molecule has 0 atom stereocenters. The molecule has 0 aliphatic rings. The van der Waals surface area contributed by atoms with Crippen LogP contribution in [0.25, 0.3) is 10.9 Å². The van der Waals surface area contributed by atoms with Crippen LogP contribution in [-0.2, 0) is 4.79 Å². The predicted octanol–water partition coefficient (Wildman–Crippen LogP) is 2.78. The number of carbonyl (C=O) groups is 1. The fourth-order valence-electron chi connectivity index (χ4n) is 1.36. The lowest BCUT2D eigenvalue weighted by Gasteiger charge is -1.94. The van der Waals surface area contributed by atoms with E-state index in [1.54, 1.807) is 0 Å². The first-order chi connectivity index (χ1) is 6.65. The Labute approximate surface area is 86.1 Å². The molecular weight excluding hydrogens is 200 g/mol. The van der Waals surface area contributed by atoms with E-state index in [1.165, 1.54) is 6.92 Å². The summed E-state index contributed by atoms with van der Waals surface area (Å²) >= 11 is 5.83. The normalized spacial score (nSPS) is 10.4. The van der Waals surface area contributed by atoms with Gasteiger partial charge in [0.15, 0.2) is 0 Å². The first-order valence-corrected chi connectivity index (χ1v) is 4.59. The quantitative estimate of drug-likeness (QED) is 0.744. The van der Waals surface area contributed by atoms with Crippen LogP contribution in [0.2, 0.25) is 5.02 Å². The van der Waals surface area contributed by atoms with Gasteiger partial charge in [-0.15, -0.1) is 0 Å². The van der Waals surface area contributed by atoms with Gasteiger partial charge in [0, 0.05) is 22.8 Å². The number of anilines is 1. The summed E-state index contributed by atoms with van der Waals surface area (Å²) in [7, 11) is 0. The Kier molecular flexibility index (Phi) is 2.17. The van der Waals surface area contributed by atoms with Gasteiger partial charge in [0.1, 0.15) is 5.82 Å². The first-order valence-electron chi connectivity index (χ1n) is 4.21. The van der Waals surface area contributed by atoms with Gasteiger partial charge in [0.2, 0.25) is 5.91 Å². The molecule has 2 aromatic rings. The van der Waals surface area contributed by atoms with E-state index in [1.807, 2.05) is 24.3 Å². The molecule has 2 N–H and O–H groups in total. The molecule has 0 radical (unpaired) electrons. The van der Waals surface area contributed by atoms with Gasteiger partial charge in [-0.3, -0.25) is 4.79 Å². The average molecular weight is 209 g/mol. The molecular formula is C10H9ClN2O. The molecule has 4 heteroatoms. The smallest absolute Gasteiger partial charge is 0.222 e. The molecule has 3 nitrogen and oxygen atoms in total. The van der Waals surface area contributed by atoms with Crippen molar-refractivity contribution in [3.05, 3.63) is 29.3 Å². The van der Waals surface area contributed by atoms with Crippen LogP contribution >= 0.6 is 11.6 Å². The molecule has 0 aliphatic carbocycles. The van der Waals surface area contributed by atoms with E-state index < -0.39 is 0 Å². The van der Waals surface area contributed by atoms with E-state index in [2.05, 4.69) is 10.3 Å². The van der Waals surface area contributed by atoms with Crippen molar-refractivity contribution in [2.75, 3.05) is 5.32 Å². The Morgan fingerprint density at radius 2 is 2.21 bits per heavy atom. The van der Waals surface area contributed by atoms with Crippen LogP contribution < -0.4 is 5.32 Å². The minimum Gasteiger partial charge on any atom is -0.341 e. The van der Waals surface area contributed by atoms with Gasteiger partial charge < -0.3 is 10.3 Å². The summed E-state index contributed by atoms with van der Waals surface area (Å²) in [6.07, 6.45) is 0. The number of nitrogens with one attached hydrogen (secondary N) is 2. The number of hydrogen-bond acceptors (Lipinski definition) is 1. The molecule has 1 aromatic carbocycles. The van der Waals surface area contributed by atoms with E-state index in [4.69, 9.17) is 11.6 Å². The maximum Gasteiger partial charge on any atom is 0.222 e. The molecule has 0 saturated carbocycles. The van der Waals surface area contributed by atoms with Crippen molar-refractivity contribution in [2.45, 2.75) is 6.92 Å². The zero-order valence-electron chi connectivity index (χ0n) is 7.60. The van der Waals surface area contributed by atoms with Crippen LogP contribution in [0.4, 0.5) is 5.82 Å². The number of halogens is 1. The van der Waals surface area contributed by atoms with Crippen molar-refractivity contribution in [3.8, 4) is 0 Å². The van der Waals surface area contributed by atoms with Gasteiger partial charge in [0.25, 0.3) is 0 Å². The number of benzene rings is 1. The second-order valence-electron chi connectivity index (χ2n) is 3.10. The first kappa shape index (κ1) is 9.09. The Bertz CT molecular complexity index is 490. The summed E-state index contributed by atoms with van der Waals surface area (Å²) in [6, 6.07) is 7.41. The summed E-state index contributed by atoms with van der Waals surface area (Å²) < 4.78 is 0. The van der Waals surface area contributed by atoms with Crippen LogP contribution in [0.15, 0.2) is 24.3 Å². The van der Waals surface area contributed by atoms with Crippen LogP contribution in [0, 0.1) is 0 Å². The second kappa shape index (κ2) is 3.35. The van der Waals surface area contributed by atoms with Gasteiger partial charge in [-0.05, 0) is 18.2 Å². The Morgan fingerprint density at radius 1 is 1.43 bits per heavy atom. The zero-order valence-corrected chi connectivity index (χ0v) is 8.35. The molecule has 0 bridgehead atoms. The molecule has 0 fully saturated rings. The summed E-state index contributed by atoms with van der Waals surface area (Å²) in [6.45, 7) is 1.47. The van der Waals surface area contributed by atoms with E-state index in [9.17, 15) is 4.79 Å². The molecule has 14 heavy (non-hydrogen) atoms. The summed E-state index contributed by atoms with van der Waals surface area (Å²) in [5.74, 6) is 0.595. The Morgan fingerprint density at radius 3 is 2.93 bits per heavy atom. The molecule has 0 aliphatic heterocycles. The molecule has 0 saturated heterocycles. The summed E-state index contributed by atoms with van der Waals surface area (Å²) in [5, 5.41) is 4.38. The lowest BCUT2D eigenvalue weighted by molar-refractivity contribution is -0.114. The topological polar surface area (TPSA) is 44.9 Å². The number of H-pyrrole nitrogens is 1. The van der Waals surface area contributed by atoms with Crippen molar-refractivity contribution >= 4 is 34.2 Å². The van der Waals surface area contributed by atoms with Crippen LogP contribution in [0.5, 0.6) is 0 Å². The molecule has 1 heterocycles. The van der Waals surface area contributed by atoms with Gasteiger partial charge in [-0.25, -0.2) is 0 Å². The minimum absolute atomic E-state index is 0.0948. The standard InChI is InChI=1S/C10H9ClN2O/c1-6(14)12-10-4-7-2-3-8(11)5-9(7)13-10/h2-5,13H,1H3,(H,12,14). The Hall–Kier alpha value is -1.48. The number of carbonyl (C=O) groups excluding carboxylic acids is 1. The fourth-order valence-corrected chi connectivity index (χ4v) is 1.53. The van der Waals surface area contributed by atoms with Crippen LogP contribution in [0.3, 0.4) is 0 Å². The number of amides is 1. The maximum absolute atomic E-state index is 10.8. The molecule has 0 unspecified atom stereocenters. The predicted molar refractivity (Wildman–Crippen MR) is 57.6 cm³/mol. The maximum atomic E-state index is 10.8. The lowest BCUT2D eigenvalue weighted by Crippen LogP contribution is -2.05. The number of rotatable bonds is 1. The largest absolute Gasteiger partial charge is 0.341 e. The van der Waals surface area contributed by atoms with Gasteiger partial charge in [0.05, 0.1) is 0 Å². The third kappa shape index (κ3) is 1.72. The average Bonchev–Trinajstić information content (AvgIpc) is 2.44. The molecule has 0 spiro atoms. The number of fused-ring (bicyclic) bond motifs is 1. The third-order valence-corrected chi connectivity index (χ3v) is 2.13. The fraction of sp³-hybridized carbons (Fsp3) is 0.100. The lowest BCUT2D eigenvalue weighted by atomic mass is 10.2. The molecule has 2 rings (SSSR count). The van der Waals surface area contributed by atoms with Gasteiger partial charge >= 0.3 is 0 Å². The zero-order chi connectivity index (χ0) is 10.1. The van der Waals surface area contributed by atoms with E-state index >= 15 is 0 Å². The van der Waals surface area contributed by atoms with Crippen molar-refractivity contribution in [1.29, 1.82) is 0 Å². The Balaban J connectivity index is 2.46. The highest BCUT2D eigenvalue weighted by Crippen LogP contribution is 2.21. The van der Waals surface area contributed by atoms with E-state index in [-0.39, 0.29) is 5.91 Å². The number of hydrogen-bond donors (Lipinski definition) is 2. The monoisotopic (exact) mass is 208 g/mol. The molecule has 1 aromatic heterocycles. The van der Waals surface area contributed by atoms with Gasteiger partial charge in [-0.1, -0.05) is 17.7 Å². The van der Waals surface area contributed by atoms with Crippen molar-refractivity contribution in [3.63, 3.8) is 0 Å². The van der Waals surface area contributed by atoms with Crippen LogP contribution in [0.1, 0.15) is 6.92 Å². The number of aromatic amines is 1. The van der Waals surface area contributed by atoms with Gasteiger partial charge in [-0.2, -0.15) is 0 Å². The second-order valence-corrected chi connectivity index (χ2v) is 3.53. The van der Waals surface area contributed by atoms with Crippen LogP contribution in [-0.4, -0.2) is 10.9 Å². The minimum atomic E-state index is -0.0948. The van der Waals surface area contributed by atoms with Crippen molar-refractivity contribution < 1.29 is 4.79 Å². The molecule has 72 valence electrons. The highest BCUT2D eigenvalue weighted by Gasteiger charge is 2.01. The third-order valence-electron chi connectivity index (χ3n) is 1.90.